The minimum atomic E-state index is 0.0981. The van der Waals surface area contributed by atoms with E-state index in [1.165, 1.54) is 38.5 Å². The predicted octanol–water partition coefficient (Wildman–Crippen LogP) is 6.22. The Kier molecular flexibility index (Phi) is 4.58. The first kappa shape index (κ1) is 17.7. The van der Waals surface area contributed by atoms with E-state index in [0.29, 0.717) is 17.6 Å². The number of allylic oxidation sites excluding steroid dienone is 2. The molecule has 0 aromatic heterocycles. The monoisotopic (exact) mass is 372 g/mol. The Morgan fingerprint density at radius 2 is 1.61 bits per heavy atom. The average Bonchev–Trinajstić information content (AvgIpc) is 2.71. The number of ketones is 1. The summed E-state index contributed by atoms with van der Waals surface area (Å²) in [4.78, 5) is 12.8. The lowest BCUT2D eigenvalue weighted by atomic mass is 9.49. The van der Waals surface area contributed by atoms with Gasteiger partial charge in [-0.15, -0.1) is 0 Å². The standard InChI is InChI=1S/C26H28O2/c27-25(9-10-26-15-20-11-21(16-26)13-22(12-20)17-26)23-7-4-8-24(14-23)28-18-19-5-2-1-3-6-19/h1-10,14,20-22H,11-13,15-18H2/b10-9+. The molecule has 0 heterocycles. The third-order valence-corrected chi connectivity index (χ3v) is 7.04. The Labute approximate surface area is 167 Å². The van der Waals surface area contributed by atoms with Crippen LogP contribution in [0.2, 0.25) is 0 Å². The van der Waals surface area contributed by atoms with E-state index in [1.54, 1.807) is 0 Å². The molecule has 0 saturated heterocycles. The summed E-state index contributed by atoms with van der Waals surface area (Å²) in [6.45, 7) is 0.515. The minimum absolute atomic E-state index is 0.0981. The van der Waals surface area contributed by atoms with Gasteiger partial charge in [0.05, 0.1) is 0 Å². The van der Waals surface area contributed by atoms with Crippen molar-refractivity contribution in [2.45, 2.75) is 45.1 Å². The molecule has 0 unspecified atom stereocenters. The number of benzene rings is 2. The highest BCUT2D eigenvalue weighted by Crippen LogP contribution is 2.60. The lowest BCUT2D eigenvalue weighted by Gasteiger charge is -2.55. The van der Waals surface area contributed by atoms with Gasteiger partial charge in [0.1, 0.15) is 12.4 Å². The van der Waals surface area contributed by atoms with E-state index in [2.05, 4.69) is 6.08 Å². The molecule has 0 spiro atoms. The van der Waals surface area contributed by atoms with Crippen LogP contribution in [-0.4, -0.2) is 5.78 Å². The summed E-state index contributed by atoms with van der Waals surface area (Å²) < 4.78 is 5.89. The maximum atomic E-state index is 12.8. The zero-order valence-corrected chi connectivity index (χ0v) is 16.3. The van der Waals surface area contributed by atoms with E-state index < -0.39 is 0 Å². The Morgan fingerprint density at radius 1 is 0.929 bits per heavy atom. The third kappa shape index (κ3) is 3.65. The lowest BCUT2D eigenvalue weighted by molar-refractivity contribution is -0.0238. The van der Waals surface area contributed by atoms with Gasteiger partial charge in [-0.1, -0.05) is 48.5 Å². The van der Waals surface area contributed by atoms with Crippen molar-refractivity contribution in [3.8, 4) is 5.75 Å². The Bertz CT molecular complexity index is 845. The highest BCUT2D eigenvalue weighted by atomic mass is 16.5. The molecule has 0 aliphatic heterocycles. The molecule has 4 bridgehead atoms. The molecule has 0 N–H and O–H groups in total. The number of carbonyl (C=O) groups is 1. The van der Waals surface area contributed by atoms with Crippen LogP contribution in [0.15, 0.2) is 66.7 Å². The van der Waals surface area contributed by atoms with Crippen LogP contribution in [0.25, 0.3) is 0 Å². The van der Waals surface area contributed by atoms with E-state index in [9.17, 15) is 4.79 Å². The van der Waals surface area contributed by atoms with Gasteiger partial charge < -0.3 is 4.74 Å². The summed E-state index contributed by atoms with van der Waals surface area (Å²) in [7, 11) is 0. The van der Waals surface area contributed by atoms with Crippen molar-refractivity contribution in [2.24, 2.45) is 23.2 Å². The molecular formula is C26H28O2. The summed E-state index contributed by atoms with van der Waals surface area (Å²) in [6.07, 6.45) is 12.3. The Balaban J connectivity index is 1.26. The number of rotatable bonds is 6. The maximum absolute atomic E-state index is 12.8. The van der Waals surface area contributed by atoms with Crippen molar-refractivity contribution in [1.29, 1.82) is 0 Å². The molecule has 2 heteroatoms. The number of hydrogen-bond donors (Lipinski definition) is 0. The number of hydrogen-bond acceptors (Lipinski definition) is 2. The Hall–Kier alpha value is -2.35. The van der Waals surface area contributed by atoms with Crippen molar-refractivity contribution < 1.29 is 9.53 Å². The van der Waals surface area contributed by atoms with Gasteiger partial charge in [0.25, 0.3) is 0 Å². The minimum Gasteiger partial charge on any atom is -0.489 e. The highest BCUT2D eigenvalue weighted by molar-refractivity contribution is 6.04. The van der Waals surface area contributed by atoms with Gasteiger partial charge in [-0.05, 0) is 85.5 Å². The average molecular weight is 373 g/mol. The largest absolute Gasteiger partial charge is 0.489 e. The van der Waals surface area contributed by atoms with Crippen LogP contribution in [0, 0.1) is 23.2 Å². The number of ether oxygens (including phenoxy) is 1. The molecule has 6 rings (SSSR count). The second-order valence-corrected chi connectivity index (χ2v) is 9.28. The molecule has 4 fully saturated rings. The van der Waals surface area contributed by atoms with Gasteiger partial charge >= 0.3 is 0 Å². The highest BCUT2D eigenvalue weighted by Gasteiger charge is 2.49. The van der Waals surface area contributed by atoms with Crippen molar-refractivity contribution in [2.75, 3.05) is 0 Å². The summed E-state index contributed by atoms with van der Waals surface area (Å²) in [6, 6.07) is 17.7. The normalized spacial score (nSPS) is 30.6. The zero-order chi connectivity index (χ0) is 19.0. The molecule has 4 saturated carbocycles. The lowest BCUT2D eigenvalue weighted by Crippen LogP contribution is -2.45. The van der Waals surface area contributed by atoms with E-state index >= 15 is 0 Å². The SMILES string of the molecule is O=C(/C=C/C12CC3CC(CC(C3)C1)C2)c1cccc(OCc2ccccc2)c1. The van der Waals surface area contributed by atoms with E-state index in [1.807, 2.05) is 60.7 Å². The van der Waals surface area contributed by atoms with Crippen LogP contribution in [-0.2, 0) is 6.61 Å². The molecule has 4 aliphatic rings. The van der Waals surface area contributed by atoms with Gasteiger partial charge in [0.15, 0.2) is 5.78 Å². The van der Waals surface area contributed by atoms with Crippen molar-refractivity contribution >= 4 is 5.78 Å². The van der Waals surface area contributed by atoms with Crippen LogP contribution in [0.3, 0.4) is 0 Å². The molecule has 0 atom stereocenters. The van der Waals surface area contributed by atoms with Gasteiger partial charge in [-0.2, -0.15) is 0 Å². The molecule has 2 nitrogen and oxygen atoms in total. The first-order valence-electron chi connectivity index (χ1n) is 10.7. The van der Waals surface area contributed by atoms with Crippen LogP contribution in [0.4, 0.5) is 0 Å². The fraction of sp³-hybridized carbons (Fsp3) is 0.423. The maximum Gasteiger partial charge on any atom is 0.185 e. The summed E-state index contributed by atoms with van der Waals surface area (Å²) in [5.74, 6) is 3.56. The topological polar surface area (TPSA) is 26.3 Å². The first-order chi connectivity index (χ1) is 13.7. The second-order valence-electron chi connectivity index (χ2n) is 9.28. The Morgan fingerprint density at radius 3 is 2.29 bits per heavy atom. The van der Waals surface area contributed by atoms with E-state index in [0.717, 1.165) is 29.1 Å². The fourth-order valence-electron chi connectivity index (χ4n) is 6.21. The van der Waals surface area contributed by atoms with Gasteiger partial charge in [0.2, 0.25) is 0 Å². The quantitative estimate of drug-likeness (QED) is 0.444. The third-order valence-electron chi connectivity index (χ3n) is 7.04. The second kappa shape index (κ2) is 7.24. The fourth-order valence-corrected chi connectivity index (χ4v) is 6.21. The molecule has 2 aromatic rings. The number of carbonyl (C=O) groups excluding carboxylic acids is 1. The molecule has 144 valence electrons. The van der Waals surface area contributed by atoms with E-state index in [4.69, 9.17) is 4.74 Å². The van der Waals surface area contributed by atoms with Crippen molar-refractivity contribution in [3.63, 3.8) is 0 Å². The van der Waals surface area contributed by atoms with Crippen molar-refractivity contribution in [3.05, 3.63) is 77.9 Å². The van der Waals surface area contributed by atoms with E-state index in [-0.39, 0.29) is 5.78 Å². The predicted molar refractivity (Wildman–Crippen MR) is 111 cm³/mol. The van der Waals surface area contributed by atoms with Crippen LogP contribution < -0.4 is 4.74 Å². The van der Waals surface area contributed by atoms with Gasteiger partial charge in [-0.25, -0.2) is 0 Å². The molecule has 4 aliphatic carbocycles. The molecular weight excluding hydrogens is 344 g/mol. The zero-order valence-electron chi connectivity index (χ0n) is 16.3. The van der Waals surface area contributed by atoms with Crippen LogP contribution in [0.1, 0.15) is 54.4 Å². The smallest absolute Gasteiger partial charge is 0.185 e. The molecule has 0 radical (unpaired) electrons. The van der Waals surface area contributed by atoms with Gasteiger partial charge in [0, 0.05) is 5.56 Å². The summed E-state index contributed by atoms with van der Waals surface area (Å²) in [5, 5.41) is 0. The molecule has 28 heavy (non-hydrogen) atoms. The summed E-state index contributed by atoms with van der Waals surface area (Å²) in [5.41, 5.74) is 2.14. The van der Waals surface area contributed by atoms with Crippen LogP contribution >= 0.6 is 0 Å². The molecule has 2 aromatic carbocycles. The molecule has 0 amide bonds. The van der Waals surface area contributed by atoms with Crippen molar-refractivity contribution in [1.82, 2.24) is 0 Å². The van der Waals surface area contributed by atoms with Gasteiger partial charge in [-0.3, -0.25) is 4.79 Å². The van der Waals surface area contributed by atoms with Crippen LogP contribution in [0.5, 0.6) is 5.75 Å². The summed E-state index contributed by atoms with van der Waals surface area (Å²) >= 11 is 0. The first-order valence-corrected chi connectivity index (χ1v) is 10.7.